The van der Waals surface area contributed by atoms with Crippen molar-refractivity contribution < 1.29 is 4.79 Å². The molecule has 0 spiro atoms. The molecule has 130 valence electrons. The zero-order chi connectivity index (χ0) is 16.7. The van der Waals surface area contributed by atoms with Gasteiger partial charge in [-0.05, 0) is 19.5 Å². The fraction of sp³-hybridized carbons (Fsp3) is 0.353. The van der Waals surface area contributed by atoms with Gasteiger partial charge in [-0.25, -0.2) is 4.68 Å². The second-order valence-corrected chi connectivity index (χ2v) is 5.34. The molecular formula is C17H23ClN4O2. The largest absolute Gasteiger partial charge is 0.353 e. The van der Waals surface area contributed by atoms with E-state index in [0.717, 1.165) is 12.1 Å². The van der Waals surface area contributed by atoms with Gasteiger partial charge in [-0.1, -0.05) is 37.3 Å². The van der Waals surface area contributed by atoms with E-state index in [1.807, 2.05) is 44.2 Å². The minimum atomic E-state index is -0.292. The molecule has 0 radical (unpaired) electrons. The average Bonchev–Trinajstić information content (AvgIpc) is 2.56. The predicted molar refractivity (Wildman–Crippen MR) is 97.3 cm³/mol. The van der Waals surface area contributed by atoms with Gasteiger partial charge < -0.3 is 10.6 Å². The highest BCUT2D eigenvalue weighted by atomic mass is 35.5. The normalized spacial score (nSPS) is 11.4. The Balaban J connectivity index is 0.00000288. The molecule has 1 heterocycles. The first kappa shape index (κ1) is 19.9. The Hall–Kier alpha value is -2.18. The van der Waals surface area contributed by atoms with Gasteiger partial charge in [0.15, 0.2) is 0 Å². The van der Waals surface area contributed by atoms with Gasteiger partial charge in [0.2, 0.25) is 5.91 Å². The summed E-state index contributed by atoms with van der Waals surface area (Å²) in [7, 11) is 0. The number of aromatic nitrogens is 2. The number of hydrogen-bond donors (Lipinski definition) is 2. The van der Waals surface area contributed by atoms with Gasteiger partial charge in [-0.15, -0.1) is 12.4 Å². The van der Waals surface area contributed by atoms with E-state index in [0.29, 0.717) is 12.2 Å². The van der Waals surface area contributed by atoms with Crippen LogP contribution in [0.1, 0.15) is 13.8 Å². The lowest BCUT2D eigenvalue weighted by molar-refractivity contribution is -0.122. The molecule has 0 aliphatic heterocycles. The summed E-state index contributed by atoms with van der Waals surface area (Å²) in [5.74, 6) is -0.227. The third-order valence-corrected chi connectivity index (χ3v) is 3.39. The molecule has 0 aliphatic rings. The van der Waals surface area contributed by atoms with Crippen LogP contribution in [0.3, 0.4) is 0 Å². The lowest BCUT2D eigenvalue weighted by Crippen LogP contribution is -2.41. The van der Waals surface area contributed by atoms with Crippen LogP contribution in [0.4, 0.5) is 0 Å². The molecule has 0 saturated heterocycles. The number of halogens is 1. The number of hydrogen-bond acceptors (Lipinski definition) is 4. The van der Waals surface area contributed by atoms with Crippen LogP contribution in [0.5, 0.6) is 0 Å². The number of rotatable bonds is 7. The lowest BCUT2D eigenvalue weighted by atomic mass is 10.1. The molecule has 1 aromatic carbocycles. The Kier molecular flexibility index (Phi) is 8.15. The summed E-state index contributed by atoms with van der Waals surface area (Å²) in [4.78, 5) is 23.9. The van der Waals surface area contributed by atoms with Gasteiger partial charge in [-0.3, -0.25) is 9.59 Å². The smallest absolute Gasteiger partial charge is 0.267 e. The zero-order valence-electron chi connectivity index (χ0n) is 13.9. The molecule has 0 bridgehead atoms. The van der Waals surface area contributed by atoms with E-state index in [1.54, 1.807) is 6.07 Å². The van der Waals surface area contributed by atoms with Crippen LogP contribution in [-0.4, -0.2) is 34.8 Å². The van der Waals surface area contributed by atoms with E-state index in [-0.39, 0.29) is 36.5 Å². The summed E-state index contributed by atoms with van der Waals surface area (Å²) < 4.78 is 1.19. The third-order valence-electron chi connectivity index (χ3n) is 3.39. The summed E-state index contributed by atoms with van der Waals surface area (Å²) >= 11 is 0. The number of carbonyl (C=O) groups is 1. The standard InChI is InChI=1S/C17H22N4O2.ClH/c1-3-18-13(2)11-19-16(22)12-21-17(23)10-9-15(20-21)14-7-5-4-6-8-14;/h4-10,13,18H,3,11-12H2,1-2H3,(H,19,22);1H/t13-;/m1./s1. The fourth-order valence-corrected chi connectivity index (χ4v) is 2.20. The average molecular weight is 351 g/mol. The molecule has 6 nitrogen and oxygen atoms in total. The van der Waals surface area contributed by atoms with Crippen LogP contribution in [0.15, 0.2) is 47.3 Å². The van der Waals surface area contributed by atoms with Crippen molar-refractivity contribution >= 4 is 18.3 Å². The van der Waals surface area contributed by atoms with E-state index < -0.39 is 0 Å². The van der Waals surface area contributed by atoms with Gasteiger partial charge in [0.1, 0.15) is 6.54 Å². The minimum Gasteiger partial charge on any atom is -0.353 e. The predicted octanol–water partition coefficient (Wildman–Crippen LogP) is 1.45. The number of carbonyl (C=O) groups excluding carboxylic acids is 1. The maximum Gasteiger partial charge on any atom is 0.267 e. The van der Waals surface area contributed by atoms with Gasteiger partial charge >= 0.3 is 0 Å². The fourth-order valence-electron chi connectivity index (χ4n) is 2.20. The van der Waals surface area contributed by atoms with E-state index in [2.05, 4.69) is 15.7 Å². The molecule has 0 aliphatic carbocycles. The summed E-state index contributed by atoms with van der Waals surface area (Å²) in [6.45, 7) is 5.27. The van der Waals surface area contributed by atoms with Gasteiger partial charge in [0.25, 0.3) is 5.56 Å². The van der Waals surface area contributed by atoms with Crippen molar-refractivity contribution in [2.45, 2.75) is 26.4 Å². The molecule has 1 amide bonds. The van der Waals surface area contributed by atoms with Crippen molar-refractivity contribution in [1.82, 2.24) is 20.4 Å². The summed E-state index contributed by atoms with van der Waals surface area (Å²) in [6.07, 6.45) is 0. The van der Waals surface area contributed by atoms with Crippen LogP contribution in [0, 0.1) is 0 Å². The van der Waals surface area contributed by atoms with E-state index in [9.17, 15) is 9.59 Å². The highest BCUT2D eigenvalue weighted by Gasteiger charge is 2.09. The molecule has 0 unspecified atom stereocenters. The quantitative estimate of drug-likeness (QED) is 0.792. The zero-order valence-corrected chi connectivity index (χ0v) is 14.7. The van der Waals surface area contributed by atoms with Crippen molar-refractivity contribution in [2.75, 3.05) is 13.1 Å². The maximum absolute atomic E-state index is 12.0. The molecule has 1 atom stereocenters. The third kappa shape index (κ3) is 5.79. The highest BCUT2D eigenvalue weighted by Crippen LogP contribution is 2.13. The molecule has 2 aromatic rings. The van der Waals surface area contributed by atoms with Crippen molar-refractivity contribution in [1.29, 1.82) is 0 Å². The minimum absolute atomic E-state index is 0. The number of likely N-dealkylation sites (N-methyl/N-ethyl adjacent to an activating group) is 1. The van der Waals surface area contributed by atoms with Crippen molar-refractivity contribution in [3.63, 3.8) is 0 Å². The molecule has 2 rings (SSSR count). The van der Waals surface area contributed by atoms with E-state index in [1.165, 1.54) is 10.7 Å². The Labute approximate surface area is 147 Å². The topological polar surface area (TPSA) is 76.0 Å². The van der Waals surface area contributed by atoms with Crippen LogP contribution in [-0.2, 0) is 11.3 Å². The molecule has 2 N–H and O–H groups in total. The number of nitrogens with zero attached hydrogens (tertiary/aromatic N) is 2. The van der Waals surface area contributed by atoms with Crippen LogP contribution in [0.25, 0.3) is 11.3 Å². The monoisotopic (exact) mass is 350 g/mol. The second kappa shape index (κ2) is 9.85. The molecule has 0 saturated carbocycles. The van der Waals surface area contributed by atoms with Crippen LogP contribution >= 0.6 is 12.4 Å². The second-order valence-electron chi connectivity index (χ2n) is 5.34. The van der Waals surface area contributed by atoms with E-state index in [4.69, 9.17) is 0 Å². The molecule has 7 heteroatoms. The summed E-state index contributed by atoms with van der Waals surface area (Å²) in [5, 5.41) is 10.3. The van der Waals surface area contributed by atoms with Crippen molar-refractivity contribution in [3.8, 4) is 11.3 Å². The van der Waals surface area contributed by atoms with Crippen LogP contribution in [0.2, 0.25) is 0 Å². The molecular weight excluding hydrogens is 328 g/mol. The SMILES string of the molecule is CCN[C@H](C)CNC(=O)Cn1nc(-c2ccccc2)ccc1=O.Cl. The maximum atomic E-state index is 12.0. The van der Waals surface area contributed by atoms with Gasteiger partial charge in [0.05, 0.1) is 5.69 Å². The van der Waals surface area contributed by atoms with Crippen molar-refractivity contribution in [3.05, 3.63) is 52.8 Å². The number of nitrogens with one attached hydrogen (secondary N) is 2. The molecule has 0 fully saturated rings. The Bertz CT molecular complexity index is 703. The first-order valence-corrected chi connectivity index (χ1v) is 7.74. The Morgan fingerprint density at radius 2 is 1.92 bits per heavy atom. The summed E-state index contributed by atoms with van der Waals surface area (Å²) in [6, 6.07) is 12.8. The van der Waals surface area contributed by atoms with E-state index >= 15 is 0 Å². The van der Waals surface area contributed by atoms with Crippen molar-refractivity contribution in [2.24, 2.45) is 0 Å². The van der Waals surface area contributed by atoms with Gasteiger partial charge in [0, 0.05) is 24.2 Å². The highest BCUT2D eigenvalue weighted by molar-refractivity contribution is 5.85. The Morgan fingerprint density at radius 1 is 1.21 bits per heavy atom. The lowest BCUT2D eigenvalue weighted by Gasteiger charge is -2.13. The molecule has 24 heavy (non-hydrogen) atoms. The number of benzene rings is 1. The molecule has 1 aromatic heterocycles. The summed E-state index contributed by atoms with van der Waals surface area (Å²) in [5.41, 5.74) is 1.28. The Morgan fingerprint density at radius 3 is 2.58 bits per heavy atom. The first-order valence-electron chi connectivity index (χ1n) is 7.74. The van der Waals surface area contributed by atoms with Crippen LogP contribution < -0.4 is 16.2 Å². The first-order chi connectivity index (χ1) is 11.1. The van der Waals surface area contributed by atoms with Gasteiger partial charge in [-0.2, -0.15) is 5.10 Å². The number of amides is 1.